The van der Waals surface area contributed by atoms with E-state index < -0.39 is 0 Å². The lowest BCUT2D eigenvalue weighted by molar-refractivity contribution is 0.00730. The first-order valence-electron chi connectivity index (χ1n) is 14.6. The predicted octanol–water partition coefficient (Wildman–Crippen LogP) is 5.14. The van der Waals surface area contributed by atoms with Gasteiger partial charge in [0.25, 0.3) is 5.91 Å². The zero-order valence-electron chi connectivity index (χ0n) is 23.5. The Labute approximate surface area is 228 Å². The molecule has 204 valence electrons. The van der Waals surface area contributed by atoms with Crippen LogP contribution in [0.2, 0.25) is 0 Å². The number of ether oxygens (including phenoxy) is 1. The van der Waals surface area contributed by atoms with E-state index in [0.29, 0.717) is 18.6 Å². The van der Waals surface area contributed by atoms with Gasteiger partial charge < -0.3 is 15.0 Å². The highest BCUT2D eigenvalue weighted by Crippen LogP contribution is 2.33. The largest absolute Gasteiger partial charge is 0.379 e. The average Bonchev–Trinajstić information content (AvgIpc) is 2.93. The van der Waals surface area contributed by atoms with E-state index in [-0.39, 0.29) is 5.91 Å². The van der Waals surface area contributed by atoms with Crippen molar-refractivity contribution in [2.45, 2.75) is 84.3 Å². The third-order valence-electron chi connectivity index (χ3n) is 8.76. The quantitative estimate of drug-likeness (QED) is 0.570. The fourth-order valence-corrected chi connectivity index (χ4v) is 6.80. The van der Waals surface area contributed by atoms with Crippen LogP contribution >= 0.6 is 0 Å². The van der Waals surface area contributed by atoms with Crippen LogP contribution in [0.15, 0.2) is 36.4 Å². The number of carbonyl (C=O) groups is 1. The van der Waals surface area contributed by atoms with E-state index in [1.165, 1.54) is 36.9 Å². The van der Waals surface area contributed by atoms with Crippen molar-refractivity contribution >= 4 is 11.6 Å². The Morgan fingerprint density at radius 2 is 1.87 bits per heavy atom. The van der Waals surface area contributed by atoms with Crippen LogP contribution < -0.4 is 10.2 Å². The zero-order valence-corrected chi connectivity index (χ0v) is 23.5. The summed E-state index contributed by atoms with van der Waals surface area (Å²) in [5, 5.41) is 3.24. The molecule has 6 heteroatoms. The number of fused-ring (bicyclic) bond motifs is 2. The maximum Gasteiger partial charge on any atom is 0.251 e. The summed E-state index contributed by atoms with van der Waals surface area (Å²) in [5.74, 6) is 0.00817. The number of carbonyl (C=O) groups excluding carboxylic acids is 1. The Kier molecular flexibility index (Phi) is 8.80. The normalized spacial score (nSPS) is 23.8. The summed E-state index contributed by atoms with van der Waals surface area (Å²) in [6.07, 6.45) is 12.2. The van der Waals surface area contributed by atoms with Gasteiger partial charge in [-0.15, -0.1) is 0 Å². The number of nitrogens with zero attached hydrogens (tertiary/aromatic N) is 3. The molecule has 1 amide bonds. The molecule has 0 atom stereocenters. The van der Waals surface area contributed by atoms with Crippen LogP contribution in [-0.4, -0.2) is 60.7 Å². The second-order valence-electron chi connectivity index (χ2n) is 11.1. The standard InChI is InChI=1S/C32H44N4O2/c1-4-36(27-15-13-26(14-16-27)35-17-19-38-20-18-35)31-12-8-11-29-28(31)10-7-5-6-9-25-21-23(2)34-24(3)30(25)22-33-32(29)37/h5,7-8,11-12,21,26-27H,4,6,9-10,13-20,22H2,1-3H3,(H,33,37)/b7-5+. The number of morpholine rings is 1. The highest BCUT2D eigenvalue weighted by molar-refractivity contribution is 5.97. The predicted molar refractivity (Wildman–Crippen MR) is 154 cm³/mol. The lowest BCUT2D eigenvalue weighted by atomic mass is 9.88. The smallest absolute Gasteiger partial charge is 0.251 e. The molecule has 1 saturated carbocycles. The fraction of sp³-hybridized carbons (Fsp3) is 0.562. The summed E-state index contributed by atoms with van der Waals surface area (Å²) < 4.78 is 5.57. The molecule has 1 aromatic heterocycles. The summed E-state index contributed by atoms with van der Waals surface area (Å²) in [5.41, 5.74) is 7.68. The molecule has 0 spiro atoms. The van der Waals surface area contributed by atoms with Crippen molar-refractivity contribution in [1.82, 2.24) is 15.2 Å². The highest BCUT2D eigenvalue weighted by Gasteiger charge is 2.30. The summed E-state index contributed by atoms with van der Waals surface area (Å²) in [4.78, 5) is 23.5. The zero-order chi connectivity index (χ0) is 26.5. The van der Waals surface area contributed by atoms with E-state index in [1.807, 2.05) is 13.0 Å². The van der Waals surface area contributed by atoms with Gasteiger partial charge in [-0.25, -0.2) is 0 Å². The summed E-state index contributed by atoms with van der Waals surface area (Å²) in [6.45, 7) is 11.7. The molecule has 2 aliphatic heterocycles. The minimum absolute atomic E-state index is 0.00817. The lowest BCUT2D eigenvalue weighted by Gasteiger charge is -2.43. The minimum atomic E-state index is 0.00817. The molecule has 0 bridgehead atoms. The number of benzene rings is 1. The van der Waals surface area contributed by atoms with E-state index in [4.69, 9.17) is 4.74 Å². The third kappa shape index (κ3) is 5.97. The van der Waals surface area contributed by atoms with Crippen molar-refractivity contribution in [3.05, 3.63) is 70.1 Å². The van der Waals surface area contributed by atoms with Gasteiger partial charge in [0.15, 0.2) is 0 Å². The van der Waals surface area contributed by atoms with Crippen molar-refractivity contribution in [1.29, 1.82) is 0 Å². The number of pyridine rings is 1. The van der Waals surface area contributed by atoms with Crippen LogP contribution in [0.25, 0.3) is 0 Å². The first kappa shape index (κ1) is 26.9. The minimum Gasteiger partial charge on any atom is -0.379 e. The summed E-state index contributed by atoms with van der Waals surface area (Å²) >= 11 is 0. The Morgan fingerprint density at radius 1 is 1.08 bits per heavy atom. The number of aromatic nitrogens is 1. The molecule has 6 nitrogen and oxygen atoms in total. The second-order valence-corrected chi connectivity index (χ2v) is 11.1. The maximum atomic E-state index is 13.6. The number of allylic oxidation sites excluding steroid dienone is 2. The van der Waals surface area contributed by atoms with Crippen LogP contribution in [0.1, 0.15) is 77.5 Å². The van der Waals surface area contributed by atoms with Crippen molar-refractivity contribution in [3.63, 3.8) is 0 Å². The number of amides is 1. The van der Waals surface area contributed by atoms with Gasteiger partial charge in [-0.3, -0.25) is 14.7 Å². The van der Waals surface area contributed by atoms with Gasteiger partial charge in [-0.05, 0) is 101 Å². The van der Waals surface area contributed by atoms with Gasteiger partial charge in [0.05, 0.1) is 13.2 Å². The average molecular weight is 517 g/mol. The molecule has 3 aliphatic rings. The molecule has 3 heterocycles. The molecule has 1 aromatic carbocycles. The second kappa shape index (κ2) is 12.4. The Bertz CT molecular complexity index is 1150. The number of hydrogen-bond acceptors (Lipinski definition) is 5. The van der Waals surface area contributed by atoms with Crippen molar-refractivity contribution in [2.75, 3.05) is 37.7 Å². The van der Waals surface area contributed by atoms with E-state index in [2.05, 4.69) is 64.3 Å². The first-order valence-corrected chi connectivity index (χ1v) is 14.6. The van der Waals surface area contributed by atoms with E-state index >= 15 is 0 Å². The number of nitrogens with one attached hydrogen (secondary N) is 1. The van der Waals surface area contributed by atoms with E-state index in [9.17, 15) is 4.79 Å². The molecule has 1 aliphatic carbocycles. The highest BCUT2D eigenvalue weighted by atomic mass is 16.5. The van der Waals surface area contributed by atoms with Crippen LogP contribution in [0.3, 0.4) is 0 Å². The van der Waals surface area contributed by atoms with Gasteiger partial charge in [0.2, 0.25) is 0 Å². The van der Waals surface area contributed by atoms with Gasteiger partial charge in [0, 0.05) is 60.9 Å². The van der Waals surface area contributed by atoms with E-state index in [1.54, 1.807) is 0 Å². The summed E-state index contributed by atoms with van der Waals surface area (Å²) in [6, 6.07) is 9.67. The van der Waals surface area contributed by atoms with Crippen molar-refractivity contribution in [3.8, 4) is 0 Å². The fourth-order valence-electron chi connectivity index (χ4n) is 6.80. The number of aryl methyl sites for hydroxylation is 3. The van der Waals surface area contributed by atoms with Gasteiger partial charge in [-0.1, -0.05) is 18.2 Å². The van der Waals surface area contributed by atoms with Gasteiger partial charge in [0.1, 0.15) is 0 Å². The molecular formula is C32H44N4O2. The molecule has 38 heavy (non-hydrogen) atoms. The van der Waals surface area contributed by atoms with Crippen LogP contribution in [0.5, 0.6) is 0 Å². The summed E-state index contributed by atoms with van der Waals surface area (Å²) in [7, 11) is 0. The van der Waals surface area contributed by atoms with Crippen molar-refractivity contribution < 1.29 is 9.53 Å². The Hall–Kier alpha value is -2.70. The molecule has 1 saturated heterocycles. The van der Waals surface area contributed by atoms with Crippen molar-refractivity contribution in [2.24, 2.45) is 0 Å². The molecule has 5 rings (SSSR count). The Morgan fingerprint density at radius 3 is 2.63 bits per heavy atom. The maximum absolute atomic E-state index is 13.6. The molecule has 1 N–H and O–H groups in total. The van der Waals surface area contributed by atoms with Crippen LogP contribution in [0.4, 0.5) is 5.69 Å². The Balaban J connectivity index is 1.37. The van der Waals surface area contributed by atoms with Gasteiger partial charge in [-0.2, -0.15) is 0 Å². The molecule has 2 aromatic rings. The monoisotopic (exact) mass is 516 g/mol. The van der Waals surface area contributed by atoms with Crippen LogP contribution in [0, 0.1) is 13.8 Å². The SMILES string of the molecule is CCN(c1cccc2c1C/C=C/CCc1cc(C)nc(C)c1CNC2=O)C1CCC(N2CCOCC2)CC1. The molecule has 2 fully saturated rings. The number of anilines is 1. The third-order valence-corrected chi connectivity index (χ3v) is 8.76. The lowest BCUT2D eigenvalue weighted by Crippen LogP contribution is -2.48. The molecular weight excluding hydrogens is 472 g/mol. The molecule has 0 unspecified atom stereocenters. The van der Waals surface area contributed by atoms with Crippen LogP contribution in [-0.2, 0) is 24.1 Å². The van der Waals surface area contributed by atoms with E-state index in [0.717, 1.165) is 80.2 Å². The number of rotatable bonds is 4. The van der Waals surface area contributed by atoms with Gasteiger partial charge >= 0.3 is 0 Å². The first-order chi connectivity index (χ1) is 18.5. The topological polar surface area (TPSA) is 57.7 Å². The number of hydrogen-bond donors (Lipinski definition) is 1. The molecule has 0 radical (unpaired) electrons.